The standard InChI is InChI=1S/C26H31FN6O3/c1-3-20-25(35)31-21-11-16(10-19(27)23(21)30-20)14-32-6-8-33(9-7-32)22-5-4-15(2)28-24(22)26(36)29-17-12-18(34)13-17/h4-5,10-11,17-18,34H,3,6-9,12-14H2,1-2H3,(H,29,36)(H,31,35). The van der Waals surface area contributed by atoms with Gasteiger partial charge in [0.2, 0.25) is 0 Å². The lowest BCUT2D eigenvalue weighted by Gasteiger charge is -2.37. The average Bonchev–Trinajstić information content (AvgIpc) is 2.83. The number of piperazine rings is 1. The number of benzene rings is 1. The number of nitrogens with one attached hydrogen (secondary N) is 2. The third-order valence-electron chi connectivity index (χ3n) is 7.01. The Hall–Kier alpha value is -3.37. The van der Waals surface area contributed by atoms with Crippen LogP contribution in [0.2, 0.25) is 0 Å². The van der Waals surface area contributed by atoms with Gasteiger partial charge in [-0.05, 0) is 56.0 Å². The number of nitrogens with zero attached hydrogens (tertiary/aromatic N) is 4. The van der Waals surface area contributed by atoms with Crippen LogP contribution in [0.15, 0.2) is 29.1 Å². The molecular weight excluding hydrogens is 463 g/mol. The first-order chi connectivity index (χ1) is 17.3. The highest BCUT2D eigenvalue weighted by Gasteiger charge is 2.30. The molecule has 1 aliphatic heterocycles. The second-order valence-electron chi connectivity index (χ2n) is 9.72. The minimum atomic E-state index is -0.438. The van der Waals surface area contributed by atoms with Crippen LogP contribution >= 0.6 is 0 Å². The third kappa shape index (κ3) is 4.96. The summed E-state index contributed by atoms with van der Waals surface area (Å²) in [5, 5.41) is 12.5. The van der Waals surface area contributed by atoms with Crippen LogP contribution in [-0.4, -0.2) is 69.2 Å². The summed E-state index contributed by atoms with van der Waals surface area (Å²) >= 11 is 0. The summed E-state index contributed by atoms with van der Waals surface area (Å²) in [6.45, 7) is 7.07. The van der Waals surface area contributed by atoms with E-state index in [9.17, 15) is 19.1 Å². The van der Waals surface area contributed by atoms with E-state index in [0.29, 0.717) is 55.8 Å². The Kier molecular flexibility index (Phi) is 6.72. The summed E-state index contributed by atoms with van der Waals surface area (Å²) in [6.07, 6.45) is 1.25. The number of pyridine rings is 1. The molecule has 0 radical (unpaired) electrons. The number of carbonyl (C=O) groups excluding carboxylic acids is 1. The zero-order valence-electron chi connectivity index (χ0n) is 20.6. The van der Waals surface area contributed by atoms with Crippen molar-refractivity contribution < 1.29 is 14.3 Å². The molecule has 1 saturated heterocycles. The van der Waals surface area contributed by atoms with E-state index in [1.165, 1.54) is 6.07 Å². The fourth-order valence-corrected chi connectivity index (χ4v) is 4.91. The normalized spacial score (nSPS) is 20.4. The van der Waals surface area contributed by atoms with Gasteiger partial charge in [0.15, 0.2) is 11.5 Å². The number of rotatable bonds is 6. The van der Waals surface area contributed by atoms with E-state index >= 15 is 0 Å². The third-order valence-corrected chi connectivity index (χ3v) is 7.01. The van der Waals surface area contributed by atoms with E-state index in [4.69, 9.17) is 0 Å². The lowest BCUT2D eigenvalue weighted by atomic mass is 9.89. The van der Waals surface area contributed by atoms with Crippen molar-refractivity contribution in [1.29, 1.82) is 0 Å². The Balaban J connectivity index is 1.26. The summed E-state index contributed by atoms with van der Waals surface area (Å²) in [4.78, 5) is 40.9. The maximum absolute atomic E-state index is 14.8. The van der Waals surface area contributed by atoms with E-state index in [0.717, 1.165) is 30.0 Å². The molecule has 5 rings (SSSR count). The maximum Gasteiger partial charge on any atom is 0.272 e. The van der Waals surface area contributed by atoms with Gasteiger partial charge >= 0.3 is 0 Å². The van der Waals surface area contributed by atoms with Gasteiger partial charge in [0.05, 0.1) is 17.3 Å². The van der Waals surface area contributed by atoms with E-state index in [1.807, 2.05) is 26.0 Å². The van der Waals surface area contributed by atoms with Gasteiger partial charge in [-0.15, -0.1) is 0 Å². The summed E-state index contributed by atoms with van der Waals surface area (Å²) in [6, 6.07) is 7.11. The largest absolute Gasteiger partial charge is 0.393 e. The molecular formula is C26H31FN6O3. The first-order valence-electron chi connectivity index (χ1n) is 12.5. The number of aryl methyl sites for hydroxylation is 2. The molecule has 10 heteroatoms. The number of hydrogen-bond donors (Lipinski definition) is 3. The molecule has 9 nitrogen and oxygen atoms in total. The van der Waals surface area contributed by atoms with Gasteiger partial charge < -0.3 is 20.3 Å². The van der Waals surface area contributed by atoms with Crippen LogP contribution in [0.5, 0.6) is 0 Å². The van der Waals surface area contributed by atoms with Crippen LogP contribution < -0.4 is 15.8 Å². The smallest absolute Gasteiger partial charge is 0.272 e. The molecule has 0 unspecified atom stereocenters. The Morgan fingerprint density at radius 2 is 1.94 bits per heavy atom. The van der Waals surface area contributed by atoms with Crippen molar-refractivity contribution in [3.05, 3.63) is 63.1 Å². The Morgan fingerprint density at radius 1 is 1.19 bits per heavy atom. The molecule has 3 aromatic rings. The number of halogens is 1. The number of aromatic amines is 1. The molecule has 0 atom stereocenters. The van der Waals surface area contributed by atoms with Crippen molar-refractivity contribution in [2.45, 2.75) is 51.8 Å². The fourth-order valence-electron chi connectivity index (χ4n) is 4.91. The Morgan fingerprint density at radius 3 is 2.64 bits per heavy atom. The summed E-state index contributed by atoms with van der Waals surface area (Å²) < 4.78 is 14.8. The van der Waals surface area contributed by atoms with E-state index in [-0.39, 0.29) is 29.1 Å². The fraction of sp³-hybridized carbons (Fsp3) is 0.462. The predicted molar refractivity (Wildman–Crippen MR) is 135 cm³/mol. The molecule has 36 heavy (non-hydrogen) atoms. The topological polar surface area (TPSA) is 114 Å². The predicted octanol–water partition coefficient (Wildman–Crippen LogP) is 1.90. The molecule has 1 aromatic carbocycles. The number of anilines is 1. The Bertz CT molecular complexity index is 1350. The molecule has 0 bridgehead atoms. The number of aromatic nitrogens is 3. The van der Waals surface area contributed by atoms with Gasteiger partial charge in [0, 0.05) is 44.5 Å². The number of fused-ring (bicyclic) bond motifs is 1. The molecule has 2 fully saturated rings. The van der Waals surface area contributed by atoms with Crippen molar-refractivity contribution in [3.63, 3.8) is 0 Å². The zero-order chi connectivity index (χ0) is 25.4. The van der Waals surface area contributed by atoms with Crippen LogP contribution in [0.1, 0.15) is 47.2 Å². The van der Waals surface area contributed by atoms with Crippen LogP contribution in [0.3, 0.4) is 0 Å². The van der Waals surface area contributed by atoms with Gasteiger partial charge in [-0.2, -0.15) is 0 Å². The van der Waals surface area contributed by atoms with Gasteiger partial charge in [-0.25, -0.2) is 14.4 Å². The second kappa shape index (κ2) is 9.94. The summed E-state index contributed by atoms with van der Waals surface area (Å²) in [5.74, 6) is -0.652. The monoisotopic (exact) mass is 494 g/mol. The molecule has 2 aromatic heterocycles. The SMILES string of the molecule is CCc1nc2c(F)cc(CN3CCN(c4ccc(C)nc4C(=O)NC4CC(O)C4)CC3)cc2[nH]c1=O. The van der Waals surface area contributed by atoms with Crippen molar-refractivity contribution in [2.24, 2.45) is 0 Å². The highest BCUT2D eigenvalue weighted by Crippen LogP contribution is 2.25. The van der Waals surface area contributed by atoms with E-state index in [1.54, 1.807) is 6.07 Å². The van der Waals surface area contributed by atoms with Crippen LogP contribution in [0.4, 0.5) is 10.1 Å². The maximum atomic E-state index is 14.8. The molecule has 3 N–H and O–H groups in total. The first-order valence-corrected chi connectivity index (χ1v) is 12.5. The number of aliphatic hydroxyl groups excluding tert-OH is 1. The highest BCUT2D eigenvalue weighted by atomic mass is 19.1. The van der Waals surface area contributed by atoms with Crippen molar-refractivity contribution >= 4 is 22.6 Å². The number of carbonyl (C=O) groups is 1. The Labute approximate surface area is 208 Å². The number of hydrogen-bond acceptors (Lipinski definition) is 7. The van der Waals surface area contributed by atoms with Gasteiger partial charge in [0.1, 0.15) is 11.2 Å². The quantitative estimate of drug-likeness (QED) is 0.480. The lowest BCUT2D eigenvalue weighted by Crippen LogP contribution is -2.48. The zero-order valence-corrected chi connectivity index (χ0v) is 20.6. The molecule has 1 saturated carbocycles. The van der Waals surface area contributed by atoms with Crippen LogP contribution in [0.25, 0.3) is 11.0 Å². The molecule has 0 spiro atoms. The van der Waals surface area contributed by atoms with Crippen LogP contribution in [0, 0.1) is 12.7 Å². The van der Waals surface area contributed by atoms with E-state index in [2.05, 4.69) is 30.1 Å². The molecule has 3 heterocycles. The van der Waals surface area contributed by atoms with E-state index < -0.39 is 5.82 Å². The summed E-state index contributed by atoms with van der Waals surface area (Å²) in [5.41, 5.74) is 3.39. The molecule has 1 amide bonds. The number of H-pyrrole nitrogens is 1. The highest BCUT2D eigenvalue weighted by molar-refractivity contribution is 5.98. The summed E-state index contributed by atoms with van der Waals surface area (Å²) in [7, 11) is 0. The molecule has 190 valence electrons. The van der Waals surface area contributed by atoms with Gasteiger partial charge in [0.25, 0.3) is 11.5 Å². The molecule has 1 aliphatic carbocycles. The minimum absolute atomic E-state index is 0.0134. The van der Waals surface area contributed by atoms with Crippen molar-refractivity contribution in [2.75, 3.05) is 31.1 Å². The first kappa shape index (κ1) is 24.3. The van der Waals surface area contributed by atoms with Gasteiger partial charge in [-0.3, -0.25) is 14.5 Å². The second-order valence-corrected chi connectivity index (χ2v) is 9.72. The van der Waals surface area contributed by atoms with Crippen molar-refractivity contribution in [3.8, 4) is 0 Å². The lowest BCUT2D eigenvalue weighted by molar-refractivity contribution is 0.0560. The van der Waals surface area contributed by atoms with Crippen LogP contribution in [-0.2, 0) is 13.0 Å². The number of aliphatic hydroxyl groups is 1. The molecule has 2 aliphatic rings. The average molecular weight is 495 g/mol. The number of amides is 1. The van der Waals surface area contributed by atoms with Crippen molar-refractivity contribution in [1.82, 2.24) is 25.2 Å². The minimum Gasteiger partial charge on any atom is -0.393 e. The van der Waals surface area contributed by atoms with Gasteiger partial charge in [-0.1, -0.05) is 6.92 Å².